The van der Waals surface area contributed by atoms with Gasteiger partial charge in [0.05, 0.1) is 12.7 Å². The molecule has 0 aromatic heterocycles. The molecular weight excluding hydrogens is 359 g/mol. The lowest BCUT2D eigenvalue weighted by Gasteiger charge is -2.07. The average Bonchev–Trinajstić information content (AvgIpc) is 3.02. The molecule has 3 aromatic carbocycles. The zero-order chi connectivity index (χ0) is 19.5. The third kappa shape index (κ3) is 3.74. The standard InChI is InChI=1S/C23H17FO4/c1-26-18-4-2-3-16(11-18)12-22-23(25)20-10-9-19(13-21(20)28-22)27-14-15-5-7-17(24)8-6-15/h2-13H,14H2,1H3/b22-12-. The number of carbonyl (C=O) groups is 1. The van der Waals surface area contributed by atoms with Gasteiger partial charge in [-0.05, 0) is 53.6 Å². The molecule has 0 radical (unpaired) electrons. The summed E-state index contributed by atoms with van der Waals surface area (Å²) in [5.74, 6) is 1.51. The topological polar surface area (TPSA) is 44.8 Å². The first kappa shape index (κ1) is 17.8. The first-order chi connectivity index (χ1) is 13.6. The first-order valence-corrected chi connectivity index (χ1v) is 8.72. The lowest BCUT2D eigenvalue weighted by molar-refractivity contribution is 0.101. The van der Waals surface area contributed by atoms with E-state index in [-0.39, 0.29) is 17.4 Å². The summed E-state index contributed by atoms with van der Waals surface area (Å²) >= 11 is 0. The Bertz CT molecular complexity index is 1050. The fourth-order valence-electron chi connectivity index (χ4n) is 2.89. The van der Waals surface area contributed by atoms with Crippen molar-refractivity contribution in [2.75, 3.05) is 7.11 Å². The highest BCUT2D eigenvalue weighted by atomic mass is 19.1. The number of Topliss-reactive ketones (excluding diaryl/α,β-unsaturated/α-hetero) is 1. The van der Waals surface area contributed by atoms with E-state index in [9.17, 15) is 9.18 Å². The predicted molar refractivity (Wildman–Crippen MR) is 103 cm³/mol. The summed E-state index contributed by atoms with van der Waals surface area (Å²) in [5.41, 5.74) is 2.14. The molecule has 0 N–H and O–H groups in total. The molecule has 0 spiro atoms. The number of fused-ring (bicyclic) bond motifs is 1. The van der Waals surface area contributed by atoms with E-state index in [2.05, 4.69) is 0 Å². The lowest BCUT2D eigenvalue weighted by Crippen LogP contribution is -1.98. The van der Waals surface area contributed by atoms with E-state index in [1.165, 1.54) is 12.1 Å². The van der Waals surface area contributed by atoms with Gasteiger partial charge in [0.25, 0.3) is 0 Å². The van der Waals surface area contributed by atoms with Crippen LogP contribution in [0.4, 0.5) is 4.39 Å². The van der Waals surface area contributed by atoms with Gasteiger partial charge in [0.15, 0.2) is 5.76 Å². The van der Waals surface area contributed by atoms with Gasteiger partial charge in [0.1, 0.15) is 29.7 Å². The van der Waals surface area contributed by atoms with Gasteiger partial charge in [-0.15, -0.1) is 0 Å². The minimum atomic E-state index is -0.288. The van der Waals surface area contributed by atoms with Crippen LogP contribution in [0.5, 0.6) is 17.2 Å². The molecule has 0 fully saturated rings. The van der Waals surface area contributed by atoms with Crippen LogP contribution >= 0.6 is 0 Å². The second kappa shape index (κ2) is 7.56. The molecule has 1 aliphatic rings. The molecule has 5 heteroatoms. The lowest BCUT2D eigenvalue weighted by atomic mass is 10.1. The minimum absolute atomic E-state index is 0.178. The molecule has 0 unspecified atom stereocenters. The molecule has 0 amide bonds. The van der Waals surface area contributed by atoms with Crippen molar-refractivity contribution < 1.29 is 23.4 Å². The molecule has 0 bridgehead atoms. The number of hydrogen-bond acceptors (Lipinski definition) is 4. The van der Waals surface area contributed by atoms with Gasteiger partial charge in [-0.1, -0.05) is 24.3 Å². The Labute approximate surface area is 161 Å². The number of ketones is 1. The summed E-state index contributed by atoms with van der Waals surface area (Å²) in [6.07, 6.45) is 1.68. The maximum absolute atomic E-state index is 13.0. The number of allylic oxidation sites excluding steroid dienone is 1. The molecule has 0 saturated carbocycles. The molecule has 140 valence electrons. The average molecular weight is 376 g/mol. The van der Waals surface area contributed by atoms with E-state index in [0.717, 1.165) is 11.1 Å². The summed E-state index contributed by atoms with van der Waals surface area (Å²) in [6, 6.07) is 18.6. The largest absolute Gasteiger partial charge is 0.497 e. The minimum Gasteiger partial charge on any atom is -0.497 e. The zero-order valence-electron chi connectivity index (χ0n) is 15.1. The summed E-state index contributed by atoms with van der Waals surface area (Å²) in [4.78, 5) is 12.6. The number of halogens is 1. The normalized spacial score (nSPS) is 13.9. The Kier molecular flexibility index (Phi) is 4.81. The molecule has 0 aliphatic carbocycles. The zero-order valence-corrected chi connectivity index (χ0v) is 15.1. The van der Waals surface area contributed by atoms with E-state index < -0.39 is 0 Å². The van der Waals surface area contributed by atoms with Crippen molar-refractivity contribution in [2.24, 2.45) is 0 Å². The van der Waals surface area contributed by atoms with Crippen LogP contribution in [0, 0.1) is 5.82 Å². The van der Waals surface area contributed by atoms with Gasteiger partial charge in [-0.25, -0.2) is 4.39 Å². The Balaban J connectivity index is 1.50. The van der Waals surface area contributed by atoms with Gasteiger partial charge < -0.3 is 14.2 Å². The maximum Gasteiger partial charge on any atom is 0.231 e. The van der Waals surface area contributed by atoms with Crippen molar-refractivity contribution in [1.29, 1.82) is 0 Å². The number of ether oxygens (including phenoxy) is 3. The van der Waals surface area contributed by atoms with Crippen LogP contribution in [-0.2, 0) is 6.61 Å². The van der Waals surface area contributed by atoms with Crippen molar-refractivity contribution in [2.45, 2.75) is 6.61 Å². The Hall–Kier alpha value is -3.60. The quantitative estimate of drug-likeness (QED) is 0.586. The monoisotopic (exact) mass is 376 g/mol. The summed E-state index contributed by atoms with van der Waals surface area (Å²) < 4.78 is 29.6. The molecule has 3 aromatic rings. The molecule has 4 nitrogen and oxygen atoms in total. The summed E-state index contributed by atoms with van der Waals surface area (Å²) in [5, 5.41) is 0. The highest BCUT2D eigenvalue weighted by Crippen LogP contribution is 2.35. The fourth-order valence-corrected chi connectivity index (χ4v) is 2.89. The van der Waals surface area contributed by atoms with E-state index in [4.69, 9.17) is 14.2 Å². The van der Waals surface area contributed by atoms with Crippen molar-refractivity contribution in [3.8, 4) is 17.2 Å². The molecule has 0 saturated heterocycles. The van der Waals surface area contributed by atoms with E-state index in [1.54, 1.807) is 43.5 Å². The number of methoxy groups -OCH3 is 1. The SMILES string of the molecule is COc1cccc(/C=C2\Oc3cc(OCc4ccc(F)cc4)ccc3C2=O)c1. The van der Waals surface area contributed by atoms with Crippen LogP contribution in [0.3, 0.4) is 0 Å². The molecule has 1 aliphatic heterocycles. The predicted octanol–water partition coefficient (Wildman–Crippen LogP) is 5.03. The third-order valence-corrected chi connectivity index (χ3v) is 4.35. The van der Waals surface area contributed by atoms with Crippen LogP contribution in [0.2, 0.25) is 0 Å². The smallest absolute Gasteiger partial charge is 0.231 e. The third-order valence-electron chi connectivity index (χ3n) is 4.35. The van der Waals surface area contributed by atoms with E-state index in [1.807, 2.05) is 24.3 Å². The molecule has 1 heterocycles. The Morgan fingerprint density at radius 3 is 2.61 bits per heavy atom. The van der Waals surface area contributed by atoms with E-state index >= 15 is 0 Å². The van der Waals surface area contributed by atoms with Crippen molar-refractivity contribution in [3.63, 3.8) is 0 Å². The summed E-state index contributed by atoms with van der Waals surface area (Å²) in [6.45, 7) is 0.291. The highest BCUT2D eigenvalue weighted by molar-refractivity contribution is 6.14. The Morgan fingerprint density at radius 2 is 1.82 bits per heavy atom. The Morgan fingerprint density at radius 1 is 1.00 bits per heavy atom. The molecule has 28 heavy (non-hydrogen) atoms. The van der Waals surface area contributed by atoms with Crippen LogP contribution in [0.1, 0.15) is 21.5 Å². The van der Waals surface area contributed by atoms with Crippen LogP contribution in [0.15, 0.2) is 72.5 Å². The molecule has 4 rings (SSSR count). The van der Waals surface area contributed by atoms with E-state index in [0.29, 0.717) is 29.4 Å². The molecular formula is C23H17FO4. The second-order valence-electron chi connectivity index (χ2n) is 6.29. The number of rotatable bonds is 5. The van der Waals surface area contributed by atoms with Gasteiger partial charge >= 0.3 is 0 Å². The highest BCUT2D eigenvalue weighted by Gasteiger charge is 2.27. The van der Waals surface area contributed by atoms with Crippen LogP contribution < -0.4 is 14.2 Å². The van der Waals surface area contributed by atoms with Crippen molar-refractivity contribution in [3.05, 3.63) is 95.0 Å². The van der Waals surface area contributed by atoms with Gasteiger partial charge in [-0.2, -0.15) is 0 Å². The van der Waals surface area contributed by atoms with Crippen LogP contribution in [0.25, 0.3) is 6.08 Å². The first-order valence-electron chi connectivity index (χ1n) is 8.72. The van der Waals surface area contributed by atoms with Gasteiger partial charge in [0.2, 0.25) is 5.78 Å². The van der Waals surface area contributed by atoms with Crippen molar-refractivity contribution in [1.82, 2.24) is 0 Å². The number of benzene rings is 3. The van der Waals surface area contributed by atoms with Gasteiger partial charge in [0, 0.05) is 6.07 Å². The number of carbonyl (C=O) groups excluding carboxylic acids is 1. The number of hydrogen-bond donors (Lipinski definition) is 0. The fraction of sp³-hybridized carbons (Fsp3) is 0.0870. The van der Waals surface area contributed by atoms with Crippen LogP contribution in [-0.4, -0.2) is 12.9 Å². The summed E-state index contributed by atoms with van der Waals surface area (Å²) in [7, 11) is 1.59. The molecule has 0 atom stereocenters. The van der Waals surface area contributed by atoms with Crippen molar-refractivity contribution >= 4 is 11.9 Å². The second-order valence-corrected chi connectivity index (χ2v) is 6.29. The maximum atomic E-state index is 13.0. The van der Waals surface area contributed by atoms with Gasteiger partial charge in [-0.3, -0.25) is 4.79 Å².